The molecule has 0 bridgehead atoms. The van der Waals surface area contributed by atoms with E-state index in [-0.39, 0.29) is 0 Å². The van der Waals surface area contributed by atoms with Gasteiger partial charge in [0.2, 0.25) is 0 Å². The third-order valence-corrected chi connectivity index (χ3v) is 7.96. The second-order valence-corrected chi connectivity index (χ2v) is 9.58. The molecule has 0 aliphatic carbocycles. The lowest BCUT2D eigenvalue weighted by atomic mass is 10.2. The van der Waals surface area contributed by atoms with Gasteiger partial charge in [0.05, 0.1) is 0 Å². The molecule has 0 aliphatic heterocycles. The summed E-state index contributed by atoms with van der Waals surface area (Å²) in [5.41, 5.74) is 0. The van der Waals surface area contributed by atoms with E-state index >= 15 is 0 Å². The molecule has 0 atom stereocenters. The highest BCUT2D eigenvalue weighted by atomic mass is 32.4. The number of benzene rings is 2. The van der Waals surface area contributed by atoms with Crippen molar-refractivity contribution in [3.63, 3.8) is 0 Å². The fourth-order valence-corrected chi connectivity index (χ4v) is 5.66. The number of hydrogen-bond acceptors (Lipinski definition) is 1. The minimum absolute atomic E-state index is 1.13. The minimum Gasteiger partial charge on any atom is -0.0832 e. The van der Waals surface area contributed by atoms with Gasteiger partial charge in [-0.3, -0.25) is 0 Å². The second kappa shape index (κ2) is 8.32. The van der Waals surface area contributed by atoms with Crippen LogP contribution in [0.3, 0.4) is 0 Å². The molecular weight excluding hydrogens is 291 g/mol. The van der Waals surface area contributed by atoms with Crippen LogP contribution in [0.1, 0.15) is 32.6 Å². The molecule has 0 saturated heterocycles. The first-order valence-corrected chi connectivity index (χ1v) is 10.5. The van der Waals surface area contributed by atoms with Crippen LogP contribution in [-0.2, 0) is 11.8 Å². The average molecular weight is 314 g/mol. The molecule has 2 aromatic rings. The largest absolute Gasteiger partial charge is 0.0832 e. The van der Waals surface area contributed by atoms with Crippen LogP contribution in [-0.4, -0.2) is 0 Å². The van der Waals surface area contributed by atoms with Crippen molar-refractivity contribution in [2.45, 2.75) is 32.6 Å². The Hall–Kier alpha value is -1.17. The molecule has 0 radical (unpaired) electrons. The third kappa shape index (κ3) is 4.40. The first-order valence-electron chi connectivity index (χ1n) is 7.66. The summed E-state index contributed by atoms with van der Waals surface area (Å²) in [6, 6.07) is 19.3. The number of hydrogen-bond donors (Lipinski definition) is 0. The molecule has 2 rings (SSSR count). The van der Waals surface area contributed by atoms with Crippen LogP contribution >= 0.6 is 6.04 Å². The molecular formula is C19H23PS. The SMILES string of the molecule is CCCCC/C=C/P(=S)(c1ccccc1)c1ccccc1. The standard InChI is InChI=1S/C19H23PS/c1-2-3-4-5-12-17-20(21,18-13-8-6-9-14-18)19-15-10-7-11-16-19/h6-17H,2-5H2,1H3/b17-12+. The van der Waals surface area contributed by atoms with Gasteiger partial charge in [0, 0.05) is 6.04 Å². The molecule has 2 aromatic carbocycles. The van der Waals surface area contributed by atoms with E-state index < -0.39 is 6.04 Å². The monoisotopic (exact) mass is 314 g/mol. The zero-order valence-corrected chi connectivity index (χ0v) is 14.3. The Kier molecular flexibility index (Phi) is 6.42. The van der Waals surface area contributed by atoms with Gasteiger partial charge in [0.1, 0.15) is 0 Å². The Morgan fingerprint density at radius 1 is 0.857 bits per heavy atom. The van der Waals surface area contributed by atoms with E-state index in [1.807, 2.05) is 0 Å². The molecule has 2 heteroatoms. The first kappa shape index (κ1) is 16.2. The Morgan fingerprint density at radius 3 is 1.86 bits per heavy atom. The van der Waals surface area contributed by atoms with Crippen LogP contribution in [0, 0.1) is 0 Å². The lowest BCUT2D eigenvalue weighted by molar-refractivity contribution is 0.729. The lowest BCUT2D eigenvalue weighted by Crippen LogP contribution is -2.13. The molecule has 0 saturated carbocycles. The van der Waals surface area contributed by atoms with Crippen molar-refractivity contribution >= 4 is 28.5 Å². The van der Waals surface area contributed by atoms with Gasteiger partial charge in [-0.05, 0) is 29.3 Å². The van der Waals surface area contributed by atoms with Crippen LogP contribution in [0.2, 0.25) is 0 Å². The van der Waals surface area contributed by atoms with Crippen molar-refractivity contribution in [1.29, 1.82) is 0 Å². The Morgan fingerprint density at radius 2 is 1.38 bits per heavy atom. The van der Waals surface area contributed by atoms with E-state index in [0.717, 1.165) is 6.42 Å². The zero-order chi connectivity index (χ0) is 15.0. The molecule has 0 fully saturated rings. The fourth-order valence-electron chi connectivity index (χ4n) is 2.36. The highest BCUT2D eigenvalue weighted by Gasteiger charge is 2.18. The second-order valence-electron chi connectivity index (χ2n) is 5.21. The van der Waals surface area contributed by atoms with Crippen molar-refractivity contribution < 1.29 is 0 Å². The summed E-state index contributed by atoms with van der Waals surface area (Å²) < 4.78 is 0. The molecule has 0 N–H and O–H groups in total. The van der Waals surface area contributed by atoms with Crippen molar-refractivity contribution in [2.75, 3.05) is 0 Å². The normalized spacial score (nSPS) is 11.9. The predicted molar refractivity (Wildman–Crippen MR) is 99.7 cm³/mol. The topological polar surface area (TPSA) is 0 Å². The molecule has 0 spiro atoms. The summed E-state index contributed by atoms with van der Waals surface area (Å²) in [6.45, 7) is 2.24. The van der Waals surface area contributed by atoms with Gasteiger partial charge in [-0.2, -0.15) is 0 Å². The van der Waals surface area contributed by atoms with Crippen molar-refractivity contribution in [2.24, 2.45) is 0 Å². The molecule has 110 valence electrons. The summed E-state index contributed by atoms with van der Waals surface area (Å²) in [5.74, 6) is 2.31. The Labute approximate surface area is 133 Å². The Bertz CT molecular complexity index is 558. The van der Waals surface area contributed by atoms with E-state index in [1.54, 1.807) is 0 Å². The smallest absolute Gasteiger partial charge is 0.0307 e. The van der Waals surface area contributed by atoms with Gasteiger partial charge in [0.15, 0.2) is 0 Å². The summed E-state index contributed by atoms with van der Waals surface area (Å²) in [7, 11) is 0. The van der Waals surface area contributed by atoms with Crippen LogP contribution in [0.4, 0.5) is 0 Å². The molecule has 0 heterocycles. The maximum Gasteiger partial charge on any atom is 0.0307 e. The summed E-state index contributed by atoms with van der Waals surface area (Å²) in [6.07, 6.45) is 7.25. The number of rotatable bonds is 7. The third-order valence-electron chi connectivity index (χ3n) is 3.57. The lowest BCUT2D eigenvalue weighted by Gasteiger charge is -2.19. The average Bonchev–Trinajstić information content (AvgIpc) is 2.56. The summed E-state index contributed by atoms with van der Waals surface area (Å²) in [4.78, 5) is 0. The van der Waals surface area contributed by atoms with E-state index in [1.165, 1.54) is 29.9 Å². The van der Waals surface area contributed by atoms with Crippen LogP contribution < -0.4 is 10.6 Å². The van der Waals surface area contributed by atoms with Gasteiger partial charge >= 0.3 is 0 Å². The fraction of sp³-hybridized carbons (Fsp3) is 0.263. The highest BCUT2D eigenvalue weighted by molar-refractivity contribution is 8.23. The molecule has 0 amide bonds. The van der Waals surface area contributed by atoms with Crippen LogP contribution in [0.5, 0.6) is 0 Å². The quantitative estimate of drug-likeness (QED) is 0.499. The highest BCUT2D eigenvalue weighted by Crippen LogP contribution is 2.45. The molecule has 0 nitrogen and oxygen atoms in total. The van der Waals surface area contributed by atoms with Gasteiger partial charge in [-0.25, -0.2) is 0 Å². The molecule has 21 heavy (non-hydrogen) atoms. The Balaban J connectivity index is 2.30. The zero-order valence-electron chi connectivity index (χ0n) is 12.6. The minimum atomic E-state index is -1.82. The predicted octanol–water partition coefficient (Wildman–Crippen LogP) is 5.21. The van der Waals surface area contributed by atoms with Crippen molar-refractivity contribution in [3.8, 4) is 0 Å². The van der Waals surface area contributed by atoms with E-state index in [9.17, 15) is 0 Å². The molecule has 0 unspecified atom stereocenters. The maximum absolute atomic E-state index is 6.14. The van der Waals surface area contributed by atoms with Gasteiger partial charge < -0.3 is 0 Å². The molecule has 0 aliphatic rings. The van der Waals surface area contributed by atoms with Crippen molar-refractivity contribution in [3.05, 3.63) is 72.6 Å². The summed E-state index contributed by atoms with van der Waals surface area (Å²) in [5, 5.41) is 2.55. The summed E-state index contributed by atoms with van der Waals surface area (Å²) >= 11 is 6.14. The van der Waals surface area contributed by atoms with E-state index in [0.29, 0.717) is 0 Å². The number of unbranched alkanes of at least 4 members (excludes halogenated alkanes) is 3. The van der Waals surface area contributed by atoms with Gasteiger partial charge in [-0.1, -0.05) is 98.3 Å². The molecule has 0 aromatic heterocycles. The van der Waals surface area contributed by atoms with E-state index in [2.05, 4.69) is 79.5 Å². The van der Waals surface area contributed by atoms with E-state index in [4.69, 9.17) is 11.8 Å². The van der Waals surface area contributed by atoms with Crippen molar-refractivity contribution in [1.82, 2.24) is 0 Å². The van der Waals surface area contributed by atoms with Gasteiger partial charge in [-0.15, -0.1) is 0 Å². The maximum atomic E-state index is 6.14. The first-order chi connectivity index (χ1) is 10.3. The van der Waals surface area contributed by atoms with Crippen LogP contribution in [0.25, 0.3) is 0 Å². The number of allylic oxidation sites excluding steroid dienone is 1. The van der Waals surface area contributed by atoms with Gasteiger partial charge in [0.25, 0.3) is 0 Å². The van der Waals surface area contributed by atoms with Crippen LogP contribution in [0.15, 0.2) is 72.6 Å².